The number of hydrogen-bond donors (Lipinski definition) is 0. The van der Waals surface area contributed by atoms with Crippen molar-refractivity contribution in [2.45, 2.75) is 0 Å². The van der Waals surface area contributed by atoms with Crippen molar-refractivity contribution in [3.8, 4) is 27.9 Å². The van der Waals surface area contributed by atoms with Crippen LogP contribution in [0.5, 0.6) is 0 Å². The smallest absolute Gasteiger partial charge is 0.0547 e. The lowest BCUT2D eigenvalue weighted by Gasteiger charge is -2.19. The molecule has 0 aliphatic rings. The Labute approximate surface area is 229 Å². The molecule has 0 bridgehead atoms. The first-order chi connectivity index (χ1) is 19.3. The standard InChI is InChI=1S/C37H28N2/c1-38(31-14-6-3-7-15-31)32-22-19-28(20-23-32)30-21-24-35-34-17-8-9-18-36(34)39(37(35)26-30)33-16-10-13-29(25-33)27-11-4-2-5-12-27/h2-26H,1H3. The Kier molecular flexibility index (Phi) is 5.71. The minimum absolute atomic E-state index is 1.16. The lowest BCUT2D eigenvalue weighted by Crippen LogP contribution is -2.08. The molecule has 0 amide bonds. The lowest BCUT2D eigenvalue weighted by molar-refractivity contribution is 1.18. The number of anilines is 2. The van der Waals surface area contributed by atoms with Crippen LogP contribution in [-0.2, 0) is 0 Å². The number of aromatic nitrogens is 1. The van der Waals surface area contributed by atoms with Crippen molar-refractivity contribution < 1.29 is 0 Å². The van der Waals surface area contributed by atoms with E-state index in [0.29, 0.717) is 0 Å². The van der Waals surface area contributed by atoms with Gasteiger partial charge >= 0.3 is 0 Å². The quantitative estimate of drug-likeness (QED) is 0.228. The Hall–Kier alpha value is -5.08. The maximum absolute atomic E-state index is 2.40. The molecule has 0 atom stereocenters. The van der Waals surface area contributed by atoms with E-state index in [1.165, 1.54) is 55.4 Å². The molecule has 7 rings (SSSR count). The molecular weight excluding hydrogens is 472 g/mol. The summed E-state index contributed by atoms with van der Waals surface area (Å²) in [6, 6.07) is 54.3. The van der Waals surface area contributed by atoms with E-state index in [1.54, 1.807) is 0 Å². The van der Waals surface area contributed by atoms with E-state index in [2.05, 4.69) is 162 Å². The molecular formula is C37H28N2. The van der Waals surface area contributed by atoms with Crippen LogP contribution in [0, 0.1) is 0 Å². The third kappa shape index (κ3) is 4.17. The third-order valence-electron chi connectivity index (χ3n) is 7.62. The predicted molar refractivity (Wildman–Crippen MR) is 166 cm³/mol. The Morgan fingerprint density at radius 2 is 0.974 bits per heavy atom. The fourth-order valence-electron chi connectivity index (χ4n) is 5.56. The molecule has 0 fully saturated rings. The summed E-state index contributed by atoms with van der Waals surface area (Å²) in [5.41, 5.74) is 10.8. The van der Waals surface area contributed by atoms with Crippen LogP contribution < -0.4 is 4.90 Å². The molecule has 0 unspecified atom stereocenters. The van der Waals surface area contributed by atoms with Gasteiger partial charge in [0.15, 0.2) is 0 Å². The topological polar surface area (TPSA) is 8.17 Å². The van der Waals surface area contributed by atoms with Crippen LogP contribution in [0.25, 0.3) is 49.7 Å². The molecule has 0 aliphatic heterocycles. The molecule has 1 aromatic heterocycles. The first-order valence-corrected chi connectivity index (χ1v) is 13.3. The molecule has 39 heavy (non-hydrogen) atoms. The summed E-state index contributed by atoms with van der Waals surface area (Å²) in [5, 5.41) is 2.53. The summed E-state index contributed by atoms with van der Waals surface area (Å²) in [7, 11) is 2.11. The zero-order valence-electron chi connectivity index (χ0n) is 21.8. The van der Waals surface area contributed by atoms with E-state index in [4.69, 9.17) is 0 Å². The van der Waals surface area contributed by atoms with Crippen LogP contribution in [0.1, 0.15) is 0 Å². The predicted octanol–water partition coefficient (Wildman–Crippen LogP) is 9.89. The van der Waals surface area contributed by atoms with Crippen LogP contribution in [-0.4, -0.2) is 11.6 Å². The van der Waals surface area contributed by atoms with Gasteiger partial charge in [-0.1, -0.05) is 103 Å². The molecule has 186 valence electrons. The number of para-hydroxylation sites is 2. The van der Waals surface area contributed by atoms with Gasteiger partial charge in [-0.15, -0.1) is 0 Å². The molecule has 1 heterocycles. The average molecular weight is 501 g/mol. The van der Waals surface area contributed by atoms with Crippen LogP contribution >= 0.6 is 0 Å². The van der Waals surface area contributed by atoms with Crippen molar-refractivity contribution in [2.24, 2.45) is 0 Å². The lowest BCUT2D eigenvalue weighted by atomic mass is 10.0. The summed E-state index contributed by atoms with van der Waals surface area (Å²) < 4.78 is 2.40. The SMILES string of the molecule is CN(c1ccccc1)c1ccc(-c2ccc3c4ccccc4n(-c4cccc(-c5ccccc5)c4)c3c2)cc1. The highest BCUT2D eigenvalue weighted by molar-refractivity contribution is 6.10. The van der Waals surface area contributed by atoms with Gasteiger partial charge in [-0.2, -0.15) is 0 Å². The van der Waals surface area contributed by atoms with E-state index < -0.39 is 0 Å². The fraction of sp³-hybridized carbons (Fsp3) is 0.0270. The van der Waals surface area contributed by atoms with E-state index in [-0.39, 0.29) is 0 Å². The number of hydrogen-bond acceptors (Lipinski definition) is 1. The van der Waals surface area contributed by atoms with Gasteiger partial charge in [-0.05, 0) is 70.8 Å². The maximum Gasteiger partial charge on any atom is 0.0547 e. The molecule has 7 aromatic rings. The molecule has 0 spiro atoms. The van der Waals surface area contributed by atoms with Gasteiger partial charge in [-0.25, -0.2) is 0 Å². The Morgan fingerprint density at radius 3 is 1.77 bits per heavy atom. The van der Waals surface area contributed by atoms with Crippen molar-refractivity contribution in [3.05, 3.63) is 152 Å². The second-order valence-corrected chi connectivity index (χ2v) is 9.94. The Bertz CT molecular complexity index is 1900. The minimum atomic E-state index is 1.16. The van der Waals surface area contributed by atoms with E-state index >= 15 is 0 Å². The van der Waals surface area contributed by atoms with Crippen molar-refractivity contribution in [1.82, 2.24) is 4.57 Å². The molecule has 2 heteroatoms. The van der Waals surface area contributed by atoms with Crippen LogP contribution in [0.3, 0.4) is 0 Å². The van der Waals surface area contributed by atoms with Crippen LogP contribution in [0.4, 0.5) is 11.4 Å². The summed E-state index contributed by atoms with van der Waals surface area (Å²) in [5.74, 6) is 0. The van der Waals surface area contributed by atoms with Crippen LogP contribution in [0.15, 0.2) is 152 Å². The highest BCUT2D eigenvalue weighted by Crippen LogP contribution is 2.36. The second kappa shape index (κ2) is 9.66. The first-order valence-electron chi connectivity index (χ1n) is 13.3. The second-order valence-electron chi connectivity index (χ2n) is 9.94. The number of rotatable bonds is 5. The first kappa shape index (κ1) is 23.1. The van der Waals surface area contributed by atoms with Gasteiger partial charge in [0.25, 0.3) is 0 Å². The monoisotopic (exact) mass is 500 g/mol. The van der Waals surface area contributed by atoms with Crippen molar-refractivity contribution >= 4 is 33.2 Å². The molecule has 0 N–H and O–H groups in total. The van der Waals surface area contributed by atoms with Gasteiger partial charge in [0.05, 0.1) is 11.0 Å². The normalized spacial score (nSPS) is 11.2. The van der Waals surface area contributed by atoms with E-state index in [1.807, 2.05) is 6.07 Å². The number of benzene rings is 6. The Balaban J connectivity index is 1.34. The molecule has 0 saturated heterocycles. The van der Waals surface area contributed by atoms with E-state index in [0.717, 1.165) is 5.69 Å². The molecule has 6 aromatic carbocycles. The highest BCUT2D eigenvalue weighted by atomic mass is 15.1. The molecule has 2 nitrogen and oxygen atoms in total. The molecule has 0 radical (unpaired) electrons. The van der Waals surface area contributed by atoms with Gasteiger partial charge in [0.2, 0.25) is 0 Å². The van der Waals surface area contributed by atoms with Crippen molar-refractivity contribution in [2.75, 3.05) is 11.9 Å². The van der Waals surface area contributed by atoms with E-state index in [9.17, 15) is 0 Å². The zero-order chi connectivity index (χ0) is 26.2. The third-order valence-corrected chi connectivity index (χ3v) is 7.62. The summed E-state index contributed by atoms with van der Waals surface area (Å²) in [4.78, 5) is 2.21. The van der Waals surface area contributed by atoms with Gasteiger partial charge in [0.1, 0.15) is 0 Å². The summed E-state index contributed by atoms with van der Waals surface area (Å²) >= 11 is 0. The Morgan fingerprint density at radius 1 is 0.410 bits per heavy atom. The molecule has 0 saturated carbocycles. The zero-order valence-corrected chi connectivity index (χ0v) is 21.8. The minimum Gasteiger partial charge on any atom is -0.345 e. The van der Waals surface area contributed by atoms with Crippen molar-refractivity contribution in [3.63, 3.8) is 0 Å². The number of nitrogens with zero attached hydrogens (tertiary/aromatic N) is 2. The van der Waals surface area contributed by atoms with Crippen molar-refractivity contribution in [1.29, 1.82) is 0 Å². The average Bonchev–Trinajstić information content (AvgIpc) is 3.35. The van der Waals surface area contributed by atoms with Crippen LogP contribution in [0.2, 0.25) is 0 Å². The largest absolute Gasteiger partial charge is 0.345 e. The van der Waals surface area contributed by atoms with Gasteiger partial charge in [0, 0.05) is 34.9 Å². The summed E-state index contributed by atoms with van der Waals surface area (Å²) in [6.07, 6.45) is 0. The molecule has 0 aliphatic carbocycles. The number of fused-ring (bicyclic) bond motifs is 3. The highest BCUT2D eigenvalue weighted by Gasteiger charge is 2.14. The summed E-state index contributed by atoms with van der Waals surface area (Å²) in [6.45, 7) is 0. The van der Waals surface area contributed by atoms with Gasteiger partial charge in [-0.3, -0.25) is 0 Å². The maximum atomic E-state index is 2.40. The fourth-order valence-corrected chi connectivity index (χ4v) is 5.56. The van der Waals surface area contributed by atoms with Gasteiger partial charge < -0.3 is 9.47 Å².